The lowest BCUT2D eigenvalue weighted by molar-refractivity contribution is -0.140. The Morgan fingerprint density at radius 1 is 1.29 bits per heavy atom. The highest BCUT2D eigenvalue weighted by atomic mass is 35.5. The van der Waals surface area contributed by atoms with Gasteiger partial charge in [0.25, 0.3) is 0 Å². The topological polar surface area (TPSA) is 29.5 Å². The normalized spacial score (nSPS) is 10.6. The second-order valence-electron chi connectivity index (χ2n) is 3.38. The maximum Gasteiger partial charge on any atom is 0.305 e. The zero-order valence-corrected chi connectivity index (χ0v) is 9.85. The Labute approximate surface area is 91.4 Å². The monoisotopic (exact) mass is 221 g/mol. The van der Waals surface area contributed by atoms with E-state index in [0.717, 1.165) is 32.4 Å². The van der Waals surface area contributed by atoms with Crippen molar-refractivity contribution in [2.24, 2.45) is 0 Å². The first-order valence-corrected chi connectivity index (χ1v) is 5.55. The molecule has 3 nitrogen and oxygen atoms in total. The maximum atomic E-state index is 10.8. The van der Waals surface area contributed by atoms with Crippen LogP contribution in [-0.4, -0.2) is 44.0 Å². The third-order valence-electron chi connectivity index (χ3n) is 2.11. The number of unbranched alkanes of at least 4 members (excludes halogenated alkanes) is 2. The maximum absolute atomic E-state index is 10.8. The van der Waals surface area contributed by atoms with E-state index in [1.807, 2.05) is 0 Å². The molecule has 0 aromatic heterocycles. The second-order valence-corrected chi connectivity index (χ2v) is 3.76. The minimum atomic E-state index is -0.112. The van der Waals surface area contributed by atoms with Gasteiger partial charge in [-0.1, -0.05) is 6.42 Å². The van der Waals surface area contributed by atoms with Crippen molar-refractivity contribution in [2.45, 2.75) is 25.7 Å². The van der Waals surface area contributed by atoms with Crippen LogP contribution in [0.15, 0.2) is 0 Å². The number of ether oxygens (including phenoxy) is 1. The largest absolute Gasteiger partial charge is 0.469 e. The molecule has 0 saturated heterocycles. The fraction of sp³-hybridized carbons (Fsp3) is 0.900. The van der Waals surface area contributed by atoms with Crippen molar-refractivity contribution in [1.82, 2.24) is 4.90 Å². The SMILES string of the molecule is COC(=O)CCCCCN(C)CCCl. The average Bonchev–Trinajstić information content (AvgIpc) is 2.17. The Bertz CT molecular complexity index is 153. The Morgan fingerprint density at radius 2 is 2.00 bits per heavy atom. The number of alkyl halides is 1. The van der Waals surface area contributed by atoms with Crippen LogP contribution in [0, 0.1) is 0 Å². The Morgan fingerprint density at radius 3 is 2.57 bits per heavy atom. The second kappa shape index (κ2) is 9.28. The molecule has 0 aliphatic rings. The number of esters is 1. The molecule has 0 aromatic rings. The van der Waals surface area contributed by atoms with Gasteiger partial charge in [0, 0.05) is 18.8 Å². The summed E-state index contributed by atoms with van der Waals surface area (Å²) >= 11 is 5.59. The number of hydrogen-bond donors (Lipinski definition) is 0. The van der Waals surface area contributed by atoms with Gasteiger partial charge in [0.2, 0.25) is 0 Å². The Kier molecular flexibility index (Phi) is 9.10. The van der Waals surface area contributed by atoms with Crippen molar-refractivity contribution in [2.75, 3.05) is 33.1 Å². The molecule has 0 saturated carbocycles. The number of rotatable bonds is 8. The van der Waals surface area contributed by atoms with Crippen molar-refractivity contribution in [3.8, 4) is 0 Å². The van der Waals surface area contributed by atoms with E-state index >= 15 is 0 Å². The predicted molar refractivity (Wildman–Crippen MR) is 58.7 cm³/mol. The lowest BCUT2D eigenvalue weighted by atomic mass is 10.2. The zero-order valence-electron chi connectivity index (χ0n) is 9.09. The summed E-state index contributed by atoms with van der Waals surface area (Å²) in [6.07, 6.45) is 3.64. The number of carbonyl (C=O) groups excluding carboxylic acids is 1. The minimum Gasteiger partial charge on any atom is -0.469 e. The molecule has 0 N–H and O–H groups in total. The highest BCUT2D eigenvalue weighted by Crippen LogP contribution is 2.02. The first kappa shape index (κ1) is 13.7. The van der Waals surface area contributed by atoms with Crippen LogP contribution in [0.4, 0.5) is 0 Å². The molecule has 84 valence electrons. The summed E-state index contributed by atoms with van der Waals surface area (Å²) in [7, 11) is 3.49. The molecular formula is C10H20ClNO2. The van der Waals surface area contributed by atoms with Gasteiger partial charge in [-0.25, -0.2) is 0 Å². The van der Waals surface area contributed by atoms with E-state index in [2.05, 4.69) is 16.7 Å². The van der Waals surface area contributed by atoms with E-state index in [1.54, 1.807) is 0 Å². The highest BCUT2D eigenvalue weighted by Gasteiger charge is 2.00. The molecule has 4 heteroatoms. The Hall–Kier alpha value is -0.280. The van der Waals surface area contributed by atoms with Crippen LogP contribution >= 0.6 is 11.6 Å². The van der Waals surface area contributed by atoms with Crippen LogP contribution in [0.1, 0.15) is 25.7 Å². The van der Waals surface area contributed by atoms with Crippen molar-refractivity contribution in [3.05, 3.63) is 0 Å². The van der Waals surface area contributed by atoms with Gasteiger partial charge in [0.1, 0.15) is 0 Å². The smallest absolute Gasteiger partial charge is 0.305 e. The number of nitrogens with zero attached hydrogens (tertiary/aromatic N) is 1. The van der Waals surface area contributed by atoms with E-state index < -0.39 is 0 Å². The van der Waals surface area contributed by atoms with Crippen LogP contribution in [0.5, 0.6) is 0 Å². The van der Waals surface area contributed by atoms with Crippen LogP contribution in [0.2, 0.25) is 0 Å². The van der Waals surface area contributed by atoms with Crippen molar-refractivity contribution in [3.63, 3.8) is 0 Å². The zero-order chi connectivity index (χ0) is 10.8. The van der Waals surface area contributed by atoms with Crippen LogP contribution in [0.25, 0.3) is 0 Å². The van der Waals surface area contributed by atoms with Gasteiger partial charge in [-0.05, 0) is 26.4 Å². The molecule has 0 unspecified atom stereocenters. The molecule has 0 spiro atoms. The summed E-state index contributed by atoms with van der Waals surface area (Å²) in [4.78, 5) is 13.0. The number of carbonyl (C=O) groups is 1. The molecule has 0 aromatic carbocycles. The first-order valence-electron chi connectivity index (χ1n) is 5.02. The van der Waals surface area contributed by atoms with Gasteiger partial charge < -0.3 is 9.64 Å². The third kappa shape index (κ3) is 8.32. The molecule has 0 rings (SSSR count). The third-order valence-corrected chi connectivity index (χ3v) is 2.28. The van der Waals surface area contributed by atoms with Crippen LogP contribution in [0.3, 0.4) is 0 Å². The highest BCUT2D eigenvalue weighted by molar-refractivity contribution is 6.18. The number of methoxy groups -OCH3 is 1. The van der Waals surface area contributed by atoms with Crippen LogP contribution < -0.4 is 0 Å². The van der Waals surface area contributed by atoms with E-state index in [-0.39, 0.29) is 5.97 Å². The van der Waals surface area contributed by atoms with E-state index in [9.17, 15) is 4.79 Å². The van der Waals surface area contributed by atoms with Crippen molar-refractivity contribution >= 4 is 17.6 Å². The average molecular weight is 222 g/mol. The minimum absolute atomic E-state index is 0.112. The lowest BCUT2D eigenvalue weighted by Gasteiger charge is -2.13. The van der Waals surface area contributed by atoms with Gasteiger partial charge in [-0.3, -0.25) is 4.79 Å². The molecule has 0 fully saturated rings. The van der Waals surface area contributed by atoms with Gasteiger partial charge in [-0.2, -0.15) is 0 Å². The van der Waals surface area contributed by atoms with E-state index in [0.29, 0.717) is 12.3 Å². The first-order chi connectivity index (χ1) is 6.70. The molecule has 0 radical (unpaired) electrons. The van der Waals surface area contributed by atoms with Crippen LogP contribution in [-0.2, 0) is 9.53 Å². The van der Waals surface area contributed by atoms with Gasteiger partial charge in [-0.15, -0.1) is 11.6 Å². The molecular weight excluding hydrogens is 202 g/mol. The predicted octanol–water partition coefficient (Wildman–Crippen LogP) is 1.89. The van der Waals surface area contributed by atoms with Crippen molar-refractivity contribution in [1.29, 1.82) is 0 Å². The molecule has 14 heavy (non-hydrogen) atoms. The molecule has 0 heterocycles. The summed E-state index contributed by atoms with van der Waals surface area (Å²) in [5, 5.41) is 0. The quantitative estimate of drug-likeness (QED) is 0.356. The summed E-state index contributed by atoms with van der Waals surface area (Å²) in [6, 6.07) is 0. The van der Waals surface area contributed by atoms with Crippen molar-refractivity contribution < 1.29 is 9.53 Å². The fourth-order valence-electron chi connectivity index (χ4n) is 1.19. The molecule has 0 amide bonds. The van der Waals surface area contributed by atoms with Gasteiger partial charge >= 0.3 is 5.97 Å². The molecule has 0 atom stereocenters. The fourth-order valence-corrected chi connectivity index (χ4v) is 1.47. The summed E-state index contributed by atoms with van der Waals surface area (Å²) in [5.74, 6) is 0.567. The number of halogens is 1. The van der Waals surface area contributed by atoms with Gasteiger partial charge in [0.05, 0.1) is 7.11 Å². The van der Waals surface area contributed by atoms with Gasteiger partial charge in [0.15, 0.2) is 0 Å². The summed E-state index contributed by atoms with van der Waals surface area (Å²) < 4.78 is 4.55. The molecule has 0 bridgehead atoms. The molecule has 0 aliphatic heterocycles. The van der Waals surface area contributed by atoms with E-state index in [1.165, 1.54) is 7.11 Å². The molecule has 0 aliphatic carbocycles. The van der Waals surface area contributed by atoms with E-state index in [4.69, 9.17) is 11.6 Å². The standard InChI is InChI=1S/C10H20ClNO2/c1-12(9-7-11)8-5-3-4-6-10(13)14-2/h3-9H2,1-2H3. The number of hydrogen-bond acceptors (Lipinski definition) is 3. The lowest BCUT2D eigenvalue weighted by Crippen LogP contribution is -2.21. The Balaban J connectivity index is 3.17. The summed E-state index contributed by atoms with van der Waals surface area (Å²) in [6.45, 7) is 1.98. The summed E-state index contributed by atoms with van der Waals surface area (Å²) in [5.41, 5.74) is 0.